The van der Waals surface area contributed by atoms with Crippen molar-refractivity contribution in [2.24, 2.45) is 0 Å². The predicted octanol–water partition coefficient (Wildman–Crippen LogP) is 3.53. The lowest BCUT2D eigenvalue weighted by atomic mass is 10.0. The molecule has 39 heavy (non-hydrogen) atoms. The molecule has 202 valence electrons. The van der Waals surface area contributed by atoms with Gasteiger partial charge in [0, 0.05) is 55.4 Å². The number of aryl methyl sites for hydroxylation is 1. The number of nitrogens with one attached hydrogen (secondary N) is 2. The van der Waals surface area contributed by atoms with E-state index in [4.69, 9.17) is 4.52 Å². The molecule has 4 N–H and O–H groups in total. The summed E-state index contributed by atoms with van der Waals surface area (Å²) in [5.41, 5.74) is 2.57. The Morgan fingerprint density at radius 2 is 2.03 bits per heavy atom. The molecule has 0 radical (unpaired) electrons. The van der Waals surface area contributed by atoms with Crippen molar-refractivity contribution in [2.75, 3.05) is 20.1 Å². The minimum absolute atomic E-state index is 0.0292. The van der Waals surface area contributed by atoms with Crippen molar-refractivity contribution in [3.63, 3.8) is 0 Å². The Morgan fingerprint density at radius 3 is 2.82 bits per heavy atom. The summed E-state index contributed by atoms with van der Waals surface area (Å²) in [5, 5.41) is 28.8. The Bertz CT molecular complexity index is 1530. The van der Waals surface area contributed by atoms with Gasteiger partial charge < -0.3 is 29.9 Å². The summed E-state index contributed by atoms with van der Waals surface area (Å²) in [7, 11) is 2.16. The van der Waals surface area contributed by atoms with Crippen molar-refractivity contribution in [1.29, 1.82) is 0 Å². The average Bonchev–Trinajstić information content (AvgIpc) is 3.43. The van der Waals surface area contributed by atoms with Crippen LogP contribution in [0.1, 0.15) is 48.8 Å². The van der Waals surface area contributed by atoms with Gasteiger partial charge in [0.2, 0.25) is 17.3 Å². The van der Waals surface area contributed by atoms with Crippen LogP contribution in [0.5, 0.6) is 5.75 Å². The Kier molecular flexibility index (Phi) is 8.37. The highest BCUT2D eigenvalue weighted by Gasteiger charge is 2.16. The Labute approximate surface area is 226 Å². The van der Waals surface area contributed by atoms with E-state index in [1.807, 2.05) is 24.3 Å². The summed E-state index contributed by atoms with van der Waals surface area (Å²) >= 11 is 0. The van der Waals surface area contributed by atoms with Gasteiger partial charge in [0.15, 0.2) is 0 Å². The zero-order valence-electron chi connectivity index (χ0n) is 22.0. The van der Waals surface area contributed by atoms with Crippen LogP contribution in [-0.2, 0) is 13.0 Å². The smallest absolute Gasteiger partial charge is 0.248 e. The molecule has 0 aliphatic heterocycles. The molecule has 9 heteroatoms. The third-order valence-electron chi connectivity index (χ3n) is 7.20. The number of aromatic nitrogens is 3. The summed E-state index contributed by atoms with van der Waals surface area (Å²) in [6, 6.07) is 14.6. The number of aromatic amines is 1. The van der Waals surface area contributed by atoms with Gasteiger partial charge in [0.05, 0.1) is 11.6 Å². The molecular weight excluding hydrogens is 494 g/mol. The van der Waals surface area contributed by atoms with Gasteiger partial charge in [0.1, 0.15) is 5.75 Å². The summed E-state index contributed by atoms with van der Waals surface area (Å²) in [4.78, 5) is 21.2. The number of aliphatic hydroxyl groups excluding tert-OH is 1. The quantitative estimate of drug-likeness (QED) is 0.218. The highest BCUT2D eigenvalue weighted by atomic mass is 16.5. The van der Waals surface area contributed by atoms with Gasteiger partial charge in [-0.05, 0) is 49.7 Å². The van der Waals surface area contributed by atoms with Crippen LogP contribution in [0.4, 0.5) is 0 Å². The number of phenolic OH excluding ortho intramolecular Hbond substituents is 1. The number of hydrogen-bond donors (Lipinski definition) is 4. The monoisotopic (exact) mass is 527 g/mol. The molecule has 2 atom stereocenters. The van der Waals surface area contributed by atoms with E-state index in [2.05, 4.69) is 44.2 Å². The number of aliphatic hydroxyl groups is 1. The molecule has 9 nitrogen and oxygen atoms in total. The van der Waals surface area contributed by atoms with E-state index in [0.29, 0.717) is 47.3 Å². The van der Waals surface area contributed by atoms with Crippen LogP contribution < -0.4 is 10.9 Å². The molecule has 0 bridgehead atoms. The maximum absolute atomic E-state index is 11.6. The van der Waals surface area contributed by atoms with Crippen molar-refractivity contribution < 1.29 is 14.7 Å². The van der Waals surface area contributed by atoms with E-state index in [1.54, 1.807) is 12.1 Å². The van der Waals surface area contributed by atoms with Crippen LogP contribution >= 0.6 is 0 Å². The van der Waals surface area contributed by atoms with E-state index in [0.717, 1.165) is 49.8 Å². The van der Waals surface area contributed by atoms with Crippen LogP contribution in [0, 0.1) is 11.8 Å². The maximum atomic E-state index is 11.6. The van der Waals surface area contributed by atoms with Gasteiger partial charge in [-0.1, -0.05) is 35.5 Å². The number of hydrogen-bond acceptors (Lipinski definition) is 8. The van der Waals surface area contributed by atoms with Crippen LogP contribution in [-0.4, -0.2) is 56.4 Å². The lowest BCUT2D eigenvalue weighted by molar-refractivity contribution is 0.176. The molecule has 4 aromatic rings. The third-order valence-corrected chi connectivity index (χ3v) is 7.20. The minimum Gasteiger partial charge on any atom is -0.506 e. The molecule has 1 aliphatic rings. The molecule has 2 heterocycles. The van der Waals surface area contributed by atoms with Gasteiger partial charge in [-0.3, -0.25) is 4.79 Å². The first-order valence-electron chi connectivity index (χ1n) is 13.3. The van der Waals surface area contributed by atoms with Gasteiger partial charge in [0.25, 0.3) is 0 Å². The number of phenols is 1. The minimum atomic E-state index is -0.813. The fourth-order valence-electron chi connectivity index (χ4n) is 4.92. The van der Waals surface area contributed by atoms with Crippen LogP contribution in [0.3, 0.4) is 0 Å². The van der Waals surface area contributed by atoms with Crippen molar-refractivity contribution in [1.82, 2.24) is 25.3 Å². The van der Waals surface area contributed by atoms with Crippen molar-refractivity contribution in [3.8, 4) is 29.0 Å². The van der Waals surface area contributed by atoms with E-state index in [9.17, 15) is 15.0 Å². The first kappa shape index (κ1) is 26.6. The largest absolute Gasteiger partial charge is 0.506 e. The molecule has 2 aromatic heterocycles. The predicted molar refractivity (Wildman–Crippen MR) is 149 cm³/mol. The van der Waals surface area contributed by atoms with Crippen LogP contribution in [0.15, 0.2) is 57.8 Å². The second kappa shape index (κ2) is 12.3. The van der Waals surface area contributed by atoms with E-state index >= 15 is 0 Å². The number of fused-ring (bicyclic) bond motifs is 1. The number of H-pyrrole nitrogens is 1. The highest BCUT2D eigenvalue weighted by Crippen LogP contribution is 2.28. The van der Waals surface area contributed by atoms with Crippen molar-refractivity contribution in [3.05, 3.63) is 75.9 Å². The fraction of sp³-hybridized carbons (Fsp3) is 0.367. The average molecular weight is 528 g/mol. The molecule has 1 aliphatic carbocycles. The summed E-state index contributed by atoms with van der Waals surface area (Å²) in [5.74, 6) is 7.57. The molecular formula is C30H33N5O4. The maximum Gasteiger partial charge on any atom is 0.248 e. The normalized spacial score (nSPS) is 15.8. The molecule has 2 aromatic carbocycles. The SMILES string of the molecule is CN(CCCc1nc(-c2ccc(CNC[C@H](O)c3ccc(O)c4[nH]c(=O)ccc34)cc2)no1)C1CC#CCC1. The number of aromatic hydroxyl groups is 1. The van der Waals surface area contributed by atoms with Gasteiger partial charge in [-0.15, -0.1) is 11.8 Å². The summed E-state index contributed by atoms with van der Waals surface area (Å²) < 4.78 is 5.48. The molecule has 0 amide bonds. The summed E-state index contributed by atoms with van der Waals surface area (Å²) in [6.45, 7) is 1.84. The van der Waals surface area contributed by atoms with Crippen LogP contribution in [0.25, 0.3) is 22.3 Å². The fourth-order valence-corrected chi connectivity index (χ4v) is 4.92. The molecule has 1 unspecified atom stereocenters. The first-order chi connectivity index (χ1) is 19.0. The number of pyridine rings is 1. The molecule has 0 saturated heterocycles. The number of benzene rings is 2. The highest BCUT2D eigenvalue weighted by molar-refractivity contribution is 5.87. The Balaban J connectivity index is 1.10. The molecule has 5 rings (SSSR count). The van der Waals surface area contributed by atoms with Gasteiger partial charge in [-0.2, -0.15) is 4.98 Å². The van der Waals surface area contributed by atoms with Gasteiger partial charge >= 0.3 is 0 Å². The molecule has 0 spiro atoms. The second-order valence-electron chi connectivity index (χ2n) is 9.97. The zero-order valence-corrected chi connectivity index (χ0v) is 22.0. The topological polar surface area (TPSA) is 128 Å². The summed E-state index contributed by atoms with van der Waals surface area (Å²) in [6.07, 6.45) is 3.96. The van der Waals surface area contributed by atoms with Crippen molar-refractivity contribution >= 4 is 10.9 Å². The van der Waals surface area contributed by atoms with E-state index < -0.39 is 6.10 Å². The van der Waals surface area contributed by atoms with Gasteiger partial charge in [-0.25, -0.2) is 0 Å². The lowest BCUT2D eigenvalue weighted by Gasteiger charge is -2.27. The Hall–Kier alpha value is -3.97. The second-order valence-corrected chi connectivity index (χ2v) is 9.97. The number of rotatable bonds is 11. The standard InChI is InChI=1S/C30H33N5O4/c1-35(22-6-3-2-4-7-22)17-5-8-28-33-30(34-39-28)21-11-9-20(10-12-21)18-31-19-26(37)23-13-15-25(36)29-24(23)14-16-27(38)32-29/h9-16,22,26,31,36-37H,3,5-8,17-19H2,1H3,(H,32,38)/t22?,26-/m0/s1. The number of nitrogens with zero attached hydrogens (tertiary/aromatic N) is 3. The molecule has 0 fully saturated rings. The van der Waals surface area contributed by atoms with E-state index in [-0.39, 0.29) is 11.3 Å². The third kappa shape index (κ3) is 6.55. The lowest BCUT2D eigenvalue weighted by Crippen LogP contribution is -2.33. The Morgan fingerprint density at radius 1 is 1.18 bits per heavy atom. The zero-order chi connectivity index (χ0) is 27.2. The van der Waals surface area contributed by atoms with Crippen molar-refractivity contribution in [2.45, 2.75) is 50.8 Å². The van der Waals surface area contributed by atoms with Crippen LogP contribution in [0.2, 0.25) is 0 Å². The van der Waals surface area contributed by atoms with E-state index in [1.165, 1.54) is 12.1 Å². The molecule has 0 saturated carbocycles. The first-order valence-corrected chi connectivity index (χ1v) is 13.3.